The van der Waals surface area contributed by atoms with Crippen molar-refractivity contribution in [1.82, 2.24) is 14.8 Å². The number of hydrogen-bond acceptors (Lipinski definition) is 3. The maximum absolute atomic E-state index is 5.85. The van der Waals surface area contributed by atoms with Crippen molar-refractivity contribution >= 4 is 10.9 Å². The lowest BCUT2D eigenvalue weighted by Crippen LogP contribution is -2.09. The normalized spacial score (nSPS) is 11.1. The summed E-state index contributed by atoms with van der Waals surface area (Å²) in [7, 11) is 0. The number of rotatable bonds is 2. The summed E-state index contributed by atoms with van der Waals surface area (Å²) in [6.45, 7) is 4.45. The highest BCUT2D eigenvalue weighted by Crippen LogP contribution is 2.20. The van der Waals surface area contributed by atoms with Crippen LogP contribution in [0.1, 0.15) is 17.0 Å². The quantitative estimate of drug-likeness (QED) is 0.762. The van der Waals surface area contributed by atoms with E-state index >= 15 is 0 Å². The maximum atomic E-state index is 5.85. The third kappa shape index (κ3) is 2.00. The Bertz CT molecular complexity index is 743. The fourth-order valence-electron chi connectivity index (χ4n) is 2.33. The van der Waals surface area contributed by atoms with E-state index in [9.17, 15) is 0 Å². The van der Waals surface area contributed by atoms with Crippen LogP contribution in [0.5, 0.6) is 0 Å². The second kappa shape index (κ2) is 4.48. The Morgan fingerprint density at radius 3 is 2.63 bits per heavy atom. The van der Waals surface area contributed by atoms with E-state index in [2.05, 4.69) is 11.2 Å². The SMILES string of the molecule is Cc1cc(C)n(-c2nc3ccccc3cc2CN)n1. The molecule has 0 amide bonds. The minimum absolute atomic E-state index is 0.450. The number of benzene rings is 1. The molecule has 4 heteroatoms. The molecule has 3 rings (SSSR count). The third-order valence-electron chi connectivity index (χ3n) is 3.21. The van der Waals surface area contributed by atoms with Gasteiger partial charge in [-0.05, 0) is 32.0 Å². The van der Waals surface area contributed by atoms with Crippen LogP contribution in [0.2, 0.25) is 0 Å². The average molecular weight is 252 g/mol. The van der Waals surface area contributed by atoms with E-state index in [0.717, 1.165) is 33.7 Å². The zero-order valence-corrected chi connectivity index (χ0v) is 11.1. The number of aryl methyl sites for hydroxylation is 2. The van der Waals surface area contributed by atoms with E-state index in [1.54, 1.807) is 0 Å². The number of pyridine rings is 1. The molecule has 0 aliphatic rings. The Morgan fingerprint density at radius 1 is 1.16 bits per heavy atom. The van der Waals surface area contributed by atoms with Crippen molar-refractivity contribution in [2.24, 2.45) is 5.73 Å². The van der Waals surface area contributed by atoms with Gasteiger partial charge >= 0.3 is 0 Å². The van der Waals surface area contributed by atoms with E-state index in [1.165, 1.54) is 0 Å². The Kier molecular flexibility index (Phi) is 2.80. The van der Waals surface area contributed by atoms with Crippen LogP contribution in [-0.4, -0.2) is 14.8 Å². The monoisotopic (exact) mass is 252 g/mol. The van der Waals surface area contributed by atoms with Gasteiger partial charge in [0, 0.05) is 23.2 Å². The van der Waals surface area contributed by atoms with Crippen LogP contribution in [0.3, 0.4) is 0 Å². The molecule has 4 nitrogen and oxygen atoms in total. The van der Waals surface area contributed by atoms with Gasteiger partial charge in [0.25, 0.3) is 0 Å². The summed E-state index contributed by atoms with van der Waals surface area (Å²) in [6.07, 6.45) is 0. The fourth-order valence-corrected chi connectivity index (χ4v) is 2.33. The minimum Gasteiger partial charge on any atom is -0.326 e. The van der Waals surface area contributed by atoms with Crippen LogP contribution in [0.25, 0.3) is 16.7 Å². The first-order chi connectivity index (χ1) is 9.19. The first-order valence-electron chi connectivity index (χ1n) is 6.31. The number of nitrogens with zero attached hydrogens (tertiary/aromatic N) is 3. The average Bonchev–Trinajstić information content (AvgIpc) is 2.76. The molecule has 2 aromatic heterocycles. The summed E-state index contributed by atoms with van der Waals surface area (Å²) in [4.78, 5) is 4.71. The summed E-state index contributed by atoms with van der Waals surface area (Å²) in [5, 5.41) is 5.60. The molecule has 0 saturated heterocycles. The Hall–Kier alpha value is -2.20. The van der Waals surface area contributed by atoms with Gasteiger partial charge in [-0.25, -0.2) is 9.67 Å². The first-order valence-corrected chi connectivity index (χ1v) is 6.31. The number of hydrogen-bond donors (Lipinski definition) is 1. The van der Waals surface area contributed by atoms with Crippen LogP contribution in [0.4, 0.5) is 0 Å². The largest absolute Gasteiger partial charge is 0.326 e. The molecule has 0 bridgehead atoms. The van der Waals surface area contributed by atoms with Gasteiger partial charge in [-0.15, -0.1) is 0 Å². The van der Waals surface area contributed by atoms with Gasteiger partial charge in [0.15, 0.2) is 5.82 Å². The molecule has 0 aliphatic heterocycles. The summed E-state index contributed by atoms with van der Waals surface area (Å²) in [6, 6.07) is 12.2. The molecule has 0 aliphatic carbocycles. The summed E-state index contributed by atoms with van der Waals surface area (Å²) < 4.78 is 1.87. The van der Waals surface area contributed by atoms with Gasteiger partial charge in [-0.1, -0.05) is 18.2 Å². The van der Waals surface area contributed by atoms with E-state index < -0.39 is 0 Å². The highest BCUT2D eigenvalue weighted by Gasteiger charge is 2.11. The fraction of sp³-hybridized carbons (Fsp3) is 0.200. The molecule has 0 unspecified atom stereocenters. The zero-order chi connectivity index (χ0) is 13.4. The molecule has 19 heavy (non-hydrogen) atoms. The number of aromatic nitrogens is 3. The Labute approximate surface area is 111 Å². The molecule has 0 spiro atoms. The predicted molar refractivity (Wildman–Crippen MR) is 76.2 cm³/mol. The summed E-state index contributed by atoms with van der Waals surface area (Å²) in [5.41, 5.74) is 9.87. The Balaban J connectivity index is 2.30. The lowest BCUT2D eigenvalue weighted by atomic mass is 10.1. The molecule has 0 radical (unpaired) electrons. The van der Waals surface area contributed by atoms with Gasteiger partial charge < -0.3 is 5.73 Å². The molecule has 3 aromatic rings. The number of nitrogens with two attached hydrogens (primary N) is 1. The van der Waals surface area contributed by atoms with E-state index in [4.69, 9.17) is 10.7 Å². The summed E-state index contributed by atoms with van der Waals surface area (Å²) in [5.74, 6) is 0.826. The lowest BCUT2D eigenvalue weighted by molar-refractivity contribution is 0.794. The van der Waals surface area contributed by atoms with Gasteiger partial charge in [0.05, 0.1) is 11.2 Å². The van der Waals surface area contributed by atoms with Gasteiger partial charge in [-0.2, -0.15) is 5.10 Å². The van der Waals surface area contributed by atoms with Gasteiger partial charge in [0.2, 0.25) is 0 Å². The molecular formula is C15H16N4. The van der Waals surface area contributed by atoms with Crippen molar-refractivity contribution in [1.29, 1.82) is 0 Å². The third-order valence-corrected chi connectivity index (χ3v) is 3.21. The topological polar surface area (TPSA) is 56.7 Å². The van der Waals surface area contributed by atoms with Crippen molar-refractivity contribution in [3.8, 4) is 5.82 Å². The molecule has 0 fully saturated rings. The smallest absolute Gasteiger partial charge is 0.158 e. The van der Waals surface area contributed by atoms with E-state index in [-0.39, 0.29) is 0 Å². The van der Waals surface area contributed by atoms with Crippen molar-refractivity contribution in [2.75, 3.05) is 0 Å². The molecule has 2 heterocycles. The van der Waals surface area contributed by atoms with Gasteiger partial charge in [0.1, 0.15) is 0 Å². The molecular weight excluding hydrogens is 236 g/mol. The van der Waals surface area contributed by atoms with Crippen molar-refractivity contribution < 1.29 is 0 Å². The molecule has 2 N–H and O–H groups in total. The van der Waals surface area contributed by atoms with Gasteiger partial charge in [-0.3, -0.25) is 0 Å². The highest BCUT2D eigenvalue weighted by atomic mass is 15.3. The lowest BCUT2D eigenvalue weighted by Gasteiger charge is -2.10. The van der Waals surface area contributed by atoms with Crippen molar-refractivity contribution in [3.63, 3.8) is 0 Å². The van der Waals surface area contributed by atoms with Crippen molar-refractivity contribution in [3.05, 3.63) is 53.3 Å². The zero-order valence-electron chi connectivity index (χ0n) is 11.1. The molecule has 96 valence electrons. The van der Waals surface area contributed by atoms with Crippen molar-refractivity contribution in [2.45, 2.75) is 20.4 Å². The Morgan fingerprint density at radius 2 is 1.95 bits per heavy atom. The van der Waals surface area contributed by atoms with Crippen LogP contribution in [-0.2, 0) is 6.54 Å². The minimum atomic E-state index is 0.450. The predicted octanol–water partition coefficient (Wildman–Crippen LogP) is 2.50. The van der Waals surface area contributed by atoms with Crippen LogP contribution >= 0.6 is 0 Å². The number of fused-ring (bicyclic) bond motifs is 1. The van der Waals surface area contributed by atoms with Crippen LogP contribution in [0.15, 0.2) is 36.4 Å². The second-order valence-corrected chi connectivity index (χ2v) is 4.71. The van der Waals surface area contributed by atoms with E-state index in [0.29, 0.717) is 6.54 Å². The first kappa shape index (κ1) is 11.9. The maximum Gasteiger partial charge on any atom is 0.158 e. The van der Waals surface area contributed by atoms with Crippen LogP contribution < -0.4 is 5.73 Å². The number of para-hydroxylation sites is 1. The highest BCUT2D eigenvalue weighted by molar-refractivity contribution is 5.80. The molecule has 0 atom stereocenters. The molecule has 1 aromatic carbocycles. The van der Waals surface area contributed by atoms with Crippen LogP contribution in [0, 0.1) is 13.8 Å². The molecule has 0 saturated carbocycles. The van der Waals surface area contributed by atoms with E-state index in [1.807, 2.05) is 48.9 Å². The summed E-state index contributed by atoms with van der Waals surface area (Å²) >= 11 is 0. The second-order valence-electron chi connectivity index (χ2n) is 4.71. The standard InChI is InChI=1S/C15H16N4/c1-10-7-11(2)19(18-10)15-13(9-16)8-12-5-3-4-6-14(12)17-15/h3-8H,9,16H2,1-2H3.